The van der Waals surface area contributed by atoms with Gasteiger partial charge >= 0.3 is 0 Å². The highest BCUT2D eigenvalue weighted by Gasteiger charge is 2.13. The molecule has 0 amide bonds. The first-order valence-corrected chi connectivity index (χ1v) is 7.00. The fourth-order valence-corrected chi connectivity index (χ4v) is 2.17. The molecular weight excluding hydrogens is 216 g/mol. The Balaban J connectivity index is 2.42. The van der Waals surface area contributed by atoms with Crippen LogP contribution < -0.4 is 11.0 Å². The van der Waals surface area contributed by atoms with Crippen LogP contribution in [0.5, 0.6) is 0 Å². The van der Waals surface area contributed by atoms with Crippen molar-refractivity contribution in [1.29, 1.82) is 0 Å². The molecule has 0 aliphatic carbocycles. The van der Waals surface area contributed by atoms with E-state index in [4.69, 9.17) is 0 Å². The number of aliphatic hydroxyl groups excluding tert-OH is 1. The summed E-state index contributed by atoms with van der Waals surface area (Å²) in [6, 6.07) is 0. The first-order valence-electron chi connectivity index (χ1n) is 7.00. The lowest BCUT2D eigenvalue weighted by atomic mass is 10.1. The van der Waals surface area contributed by atoms with Crippen LogP contribution in [-0.2, 0) is 0 Å². The highest BCUT2D eigenvalue weighted by atomic mass is 16.3. The van der Waals surface area contributed by atoms with Crippen LogP contribution >= 0.6 is 0 Å². The number of hydrogen-bond acceptors (Lipinski definition) is 5. The molecule has 0 bridgehead atoms. The summed E-state index contributed by atoms with van der Waals surface area (Å²) in [6.45, 7) is 5.13. The molecule has 0 radical (unpaired) electrons. The summed E-state index contributed by atoms with van der Waals surface area (Å²) < 4.78 is 0. The zero-order valence-electron chi connectivity index (χ0n) is 11.1. The number of hydrazine groups is 3. The third-order valence-corrected chi connectivity index (χ3v) is 3.13. The quantitative estimate of drug-likeness (QED) is 0.697. The first-order chi connectivity index (χ1) is 8.38. The summed E-state index contributed by atoms with van der Waals surface area (Å²) in [5.74, 6) is 0. The summed E-state index contributed by atoms with van der Waals surface area (Å²) in [5, 5.41) is 13.3. The van der Waals surface area contributed by atoms with E-state index in [-0.39, 0.29) is 6.73 Å². The second-order valence-corrected chi connectivity index (χ2v) is 4.65. The van der Waals surface area contributed by atoms with E-state index >= 15 is 0 Å². The van der Waals surface area contributed by atoms with Crippen molar-refractivity contribution in [2.75, 3.05) is 26.4 Å². The van der Waals surface area contributed by atoms with E-state index in [1.165, 1.54) is 38.5 Å². The van der Waals surface area contributed by atoms with E-state index < -0.39 is 0 Å². The number of nitrogens with one attached hydrogen (secondary N) is 2. The number of nitrogens with zero attached hydrogens (tertiary/aromatic N) is 2. The van der Waals surface area contributed by atoms with Crippen LogP contribution in [0, 0.1) is 0 Å². The Kier molecular flexibility index (Phi) is 8.56. The predicted molar refractivity (Wildman–Crippen MR) is 69.6 cm³/mol. The highest BCUT2D eigenvalue weighted by Crippen LogP contribution is 2.07. The average Bonchev–Trinajstić information content (AvgIpc) is 2.33. The predicted octanol–water partition coefficient (Wildman–Crippen LogP) is 1.23. The van der Waals surface area contributed by atoms with E-state index in [2.05, 4.69) is 22.9 Å². The van der Waals surface area contributed by atoms with E-state index in [1.807, 2.05) is 0 Å². The topological polar surface area (TPSA) is 50.8 Å². The largest absolute Gasteiger partial charge is 0.378 e. The Morgan fingerprint density at radius 2 is 1.76 bits per heavy atom. The molecule has 0 spiro atoms. The standard InChI is InChI=1S/C12H28N4O/c1-2-10-15-11-8-6-4-3-5-7-9-13-14-16(15)12-17/h13-14,17H,2-12H2,1H3. The van der Waals surface area contributed by atoms with Crippen molar-refractivity contribution < 1.29 is 5.11 Å². The number of rotatable bonds is 3. The second kappa shape index (κ2) is 9.79. The maximum Gasteiger partial charge on any atom is 0.125 e. The van der Waals surface area contributed by atoms with Gasteiger partial charge in [0.15, 0.2) is 0 Å². The van der Waals surface area contributed by atoms with Gasteiger partial charge in [0.2, 0.25) is 0 Å². The van der Waals surface area contributed by atoms with Crippen LogP contribution in [0.25, 0.3) is 0 Å². The molecule has 0 aromatic carbocycles. The van der Waals surface area contributed by atoms with Gasteiger partial charge in [-0.15, -0.1) is 5.12 Å². The molecule has 1 fully saturated rings. The normalized spacial score (nSPS) is 22.9. The summed E-state index contributed by atoms with van der Waals surface area (Å²) in [7, 11) is 0. The minimum atomic E-state index is 0.00694. The van der Waals surface area contributed by atoms with Gasteiger partial charge in [0.05, 0.1) is 0 Å². The summed E-state index contributed by atoms with van der Waals surface area (Å²) in [6.07, 6.45) is 8.78. The molecule has 1 rings (SSSR count). The first kappa shape index (κ1) is 14.9. The number of aliphatic hydroxyl groups is 1. The lowest BCUT2D eigenvalue weighted by Gasteiger charge is -2.33. The monoisotopic (exact) mass is 244 g/mol. The smallest absolute Gasteiger partial charge is 0.125 e. The van der Waals surface area contributed by atoms with Gasteiger partial charge in [-0.2, -0.15) is 5.53 Å². The Hall–Kier alpha value is -0.200. The molecule has 1 aliphatic heterocycles. The van der Waals surface area contributed by atoms with Gasteiger partial charge in [-0.1, -0.05) is 32.6 Å². The van der Waals surface area contributed by atoms with Crippen LogP contribution in [0.2, 0.25) is 0 Å². The van der Waals surface area contributed by atoms with E-state index in [0.717, 1.165) is 26.1 Å². The third kappa shape index (κ3) is 6.33. The van der Waals surface area contributed by atoms with Gasteiger partial charge in [-0.05, 0) is 19.3 Å². The van der Waals surface area contributed by atoms with Gasteiger partial charge in [-0.3, -0.25) is 0 Å². The van der Waals surface area contributed by atoms with Crippen molar-refractivity contribution in [2.45, 2.75) is 51.9 Å². The third-order valence-electron chi connectivity index (χ3n) is 3.13. The van der Waals surface area contributed by atoms with Crippen molar-refractivity contribution in [3.05, 3.63) is 0 Å². The van der Waals surface area contributed by atoms with Crippen LogP contribution in [0.4, 0.5) is 0 Å². The Labute approximate surface area is 105 Å². The van der Waals surface area contributed by atoms with Crippen molar-refractivity contribution in [3.63, 3.8) is 0 Å². The van der Waals surface area contributed by atoms with E-state index in [1.54, 1.807) is 5.12 Å². The average molecular weight is 244 g/mol. The van der Waals surface area contributed by atoms with Gasteiger partial charge in [0, 0.05) is 19.6 Å². The molecule has 3 N–H and O–H groups in total. The molecular formula is C12H28N4O. The van der Waals surface area contributed by atoms with Gasteiger partial charge in [0.25, 0.3) is 0 Å². The number of hydrogen-bond donors (Lipinski definition) is 3. The molecule has 0 saturated carbocycles. The van der Waals surface area contributed by atoms with Crippen LogP contribution in [0.15, 0.2) is 0 Å². The zero-order valence-corrected chi connectivity index (χ0v) is 11.1. The minimum absolute atomic E-state index is 0.00694. The lowest BCUT2D eigenvalue weighted by Crippen LogP contribution is -2.57. The van der Waals surface area contributed by atoms with E-state index in [9.17, 15) is 5.11 Å². The Bertz CT molecular complexity index is 180. The maximum absolute atomic E-state index is 9.37. The zero-order chi connectivity index (χ0) is 12.3. The Morgan fingerprint density at radius 3 is 2.47 bits per heavy atom. The molecule has 17 heavy (non-hydrogen) atoms. The highest BCUT2D eigenvalue weighted by molar-refractivity contribution is 4.55. The molecule has 5 heteroatoms. The fraction of sp³-hybridized carbons (Fsp3) is 1.00. The van der Waals surface area contributed by atoms with Crippen molar-refractivity contribution in [3.8, 4) is 0 Å². The summed E-state index contributed by atoms with van der Waals surface area (Å²) in [5.41, 5.74) is 6.25. The van der Waals surface area contributed by atoms with E-state index in [0.29, 0.717) is 0 Å². The molecule has 0 aromatic heterocycles. The van der Waals surface area contributed by atoms with Gasteiger partial charge < -0.3 is 5.11 Å². The van der Waals surface area contributed by atoms with Gasteiger partial charge in [0.1, 0.15) is 6.73 Å². The fourth-order valence-electron chi connectivity index (χ4n) is 2.17. The molecule has 1 aliphatic rings. The molecule has 1 heterocycles. The van der Waals surface area contributed by atoms with Crippen LogP contribution in [-0.4, -0.2) is 41.6 Å². The summed E-state index contributed by atoms with van der Waals surface area (Å²) in [4.78, 5) is 0. The Morgan fingerprint density at radius 1 is 1.06 bits per heavy atom. The van der Waals surface area contributed by atoms with Gasteiger partial charge in [-0.25, -0.2) is 10.4 Å². The van der Waals surface area contributed by atoms with Crippen molar-refractivity contribution >= 4 is 0 Å². The SMILES string of the molecule is CCCN1CCCCCCCCNNN1CO. The minimum Gasteiger partial charge on any atom is -0.378 e. The van der Waals surface area contributed by atoms with Crippen LogP contribution in [0.3, 0.4) is 0 Å². The molecule has 1 saturated heterocycles. The molecule has 0 unspecified atom stereocenters. The molecule has 102 valence electrons. The van der Waals surface area contributed by atoms with Crippen LogP contribution in [0.1, 0.15) is 51.9 Å². The molecule has 0 atom stereocenters. The lowest BCUT2D eigenvalue weighted by molar-refractivity contribution is -0.133. The van der Waals surface area contributed by atoms with Crippen molar-refractivity contribution in [1.82, 2.24) is 21.1 Å². The summed E-state index contributed by atoms with van der Waals surface area (Å²) >= 11 is 0. The molecule has 5 nitrogen and oxygen atoms in total. The second-order valence-electron chi connectivity index (χ2n) is 4.65. The maximum atomic E-state index is 9.37. The molecule has 0 aromatic rings. The van der Waals surface area contributed by atoms with Crippen molar-refractivity contribution in [2.24, 2.45) is 0 Å².